The first-order valence-corrected chi connectivity index (χ1v) is 8.63. The minimum Gasteiger partial charge on any atom is -0.376 e. The van der Waals surface area contributed by atoms with Crippen LogP contribution in [0.3, 0.4) is 0 Å². The molecule has 6 heteroatoms. The summed E-state index contributed by atoms with van der Waals surface area (Å²) in [5.41, 5.74) is -0.621. The van der Waals surface area contributed by atoms with Gasteiger partial charge in [-0.05, 0) is 19.3 Å². The van der Waals surface area contributed by atoms with Crippen molar-refractivity contribution in [3.8, 4) is 0 Å². The van der Waals surface area contributed by atoms with Gasteiger partial charge in [0.05, 0.1) is 19.4 Å². The summed E-state index contributed by atoms with van der Waals surface area (Å²) in [6.07, 6.45) is 7.11. The molecule has 3 amide bonds. The second-order valence-corrected chi connectivity index (χ2v) is 6.78. The Morgan fingerprint density at radius 3 is 2.64 bits per heavy atom. The summed E-state index contributed by atoms with van der Waals surface area (Å²) in [5.74, 6) is -0.0149. The Labute approximate surface area is 132 Å². The summed E-state index contributed by atoms with van der Waals surface area (Å²) in [7, 11) is 0. The molecule has 0 aromatic heterocycles. The van der Waals surface area contributed by atoms with Crippen molar-refractivity contribution in [1.29, 1.82) is 0 Å². The molecule has 3 rings (SSSR count). The van der Waals surface area contributed by atoms with Crippen molar-refractivity contribution in [2.45, 2.75) is 63.5 Å². The van der Waals surface area contributed by atoms with Crippen molar-refractivity contribution in [2.24, 2.45) is 0 Å². The van der Waals surface area contributed by atoms with Gasteiger partial charge in [0.1, 0.15) is 5.54 Å². The van der Waals surface area contributed by atoms with E-state index in [9.17, 15) is 9.59 Å². The summed E-state index contributed by atoms with van der Waals surface area (Å²) in [6, 6.07) is -0.216. The molecule has 3 fully saturated rings. The molecule has 22 heavy (non-hydrogen) atoms. The Morgan fingerprint density at radius 2 is 1.95 bits per heavy atom. The maximum atomic E-state index is 12.9. The third-order valence-electron chi connectivity index (χ3n) is 5.22. The molecule has 1 saturated carbocycles. The van der Waals surface area contributed by atoms with Gasteiger partial charge in [-0.25, -0.2) is 9.69 Å². The first kappa shape index (κ1) is 15.7. The second-order valence-electron chi connectivity index (χ2n) is 6.78. The molecule has 1 N–H and O–H groups in total. The normalized spacial score (nSPS) is 29.7. The molecule has 2 aliphatic heterocycles. The summed E-state index contributed by atoms with van der Waals surface area (Å²) in [5, 5.41) is 3.00. The van der Waals surface area contributed by atoms with Gasteiger partial charge < -0.3 is 10.1 Å². The van der Waals surface area contributed by atoms with E-state index in [1.807, 2.05) is 0 Å². The predicted molar refractivity (Wildman–Crippen MR) is 82.3 cm³/mol. The lowest BCUT2D eigenvalue weighted by molar-refractivity contribution is -0.134. The number of carbonyl (C=O) groups is 2. The molecule has 6 nitrogen and oxygen atoms in total. The minimum atomic E-state index is -0.621. The van der Waals surface area contributed by atoms with Crippen molar-refractivity contribution >= 4 is 11.9 Å². The Hall–Kier alpha value is -1.14. The van der Waals surface area contributed by atoms with Crippen LogP contribution in [0.4, 0.5) is 4.79 Å². The number of nitrogens with one attached hydrogen (secondary N) is 1. The number of urea groups is 1. The van der Waals surface area contributed by atoms with Crippen LogP contribution in [0.2, 0.25) is 0 Å². The Kier molecular flexibility index (Phi) is 4.68. The van der Waals surface area contributed by atoms with Gasteiger partial charge in [-0.2, -0.15) is 0 Å². The molecule has 2 heterocycles. The second kappa shape index (κ2) is 6.54. The van der Waals surface area contributed by atoms with Crippen LogP contribution in [0.5, 0.6) is 0 Å². The average Bonchev–Trinajstić information content (AvgIpc) is 2.71. The quantitative estimate of drug-likeness (QED) is 0.806. The highest BCUT2D eigenvalue weighted by molar-refractivity contribution is 6.07. The maximum absolute atomic E-state index is 12.9. The molecule has 0 unspecified atom stereocenters. The number of carbonyl (C=O) groups excluding carboxylic acids is 2. The van der Waals surface area contributed by atoms with Gasteiger partial charge in [-0.1, -0.05) is 32.6 Å². The Bertz CT molecular complexity index is 432. The largest absolute Gasteiger partial charge is 0.376 e. The van der Waals surface area contributed by atoms with Gasteiger partial charge in [-0.15, -0.1) is 0 Å². The van der Waals surface area contributed by atoms with Gasteiger partial charge in [0.25, 0.3) is 5.91 Å². The van der Waals surface area contributed by atoms with E-state index in [4.69, 9.17) is 4.74 Å². The smallest absolute Gasteiger partial charge is 0.326 e. The number of amides is 3. The van der Waals surface area contributed by atoms with Crippen LogP contribution in [-0.2, 0) is 9.53 Å². The van der Waals surface area contributed by atoms with E-state index in [1.165, 1.54) is 4.90 Å². The molecule has 124 valence electrons. The molecule has 0 radical (unpaired) electrons. The van der Waals surface area contributed by atoms with Crippen molar-refractivity contribution in [3.05, 3.63) is 0 Å². The SMILES string of the molecule is CC[C@@H]1CN(CN2C(=O)NC3(CCCCCC3)C2=O)CCO1. The van der Waals surface area contributed by atoms with Crippen molar-refractivity contribution < 1.29 is 14.3 Å². The van der Waals surface area contributed by atoms with Gasteiger partial charge in [-0.3, -0.25) is 9.69 Å². The van der Waals surface area contributed by atoms with E-state index in [0.717, 1.165) is 58.0 Å². The van der Waals surface area contributed by atoms with Gasteiger partial charge in [0, 0.05) is 13.1 Å². The topological polar surface area (TPSA) is 61.9 Å². The highest BCUT2D eigenvalue weighted by Gasteiger charge is 2.51. The van der Waals surface area contributed by atoms with Crippen molar-refractivity contribution in [1.82, 2.24) is 15.1 Å². The summed E-state index contributed by atoms with van der Waals surface area (Å²) in [6.45, 7) is 4.74. The van der Waals surface area contributed by atoms with Crippen LogP contribution in [0.1, 0.15) is 51.9 Å². The van der Waals surface area contributed by atoms with E-state index < -0.39 is 5.54 Å². The maximum Gasteiger partial charge on any atom is 0.326 e. The Balaban J connectivity index is 1.66. The van der Waals surface area contributed by atoms with E-state index in [1.54, 1.807) is 0 Å². The molecule has 1 atom stereocenters. The zero-order chi connectivity index (χ0) is 15.6. The molecular formula is C16H27N3O3. The molecule has 0 aromatic carbocycles. The van der Waals surface area contributed by atoms with Crippen LogP contribution >= 0.6 is 0 Å². The number of rotatable bonds is 3. The number of nitrogens with zero attached hydrogens (tertiary/aromatic N) is 2. The van der Waals surface area contributed by atoms with E-state index in [2.05, 4.69) is 17.1 Å². The van der Waals surface area contributed by atoms with E-state index in [0.29, 0.717) is 13.3 Å². The monoisotopic (exact) mass is 309 g/mol. The molecule has 2 saturated heterocycles. The number of morpholine rings is 1. The third-order valence-corrected chi connectivity index (χ3v) is 5.22. The van der Waals surface area contributed by atoms with Crippen LogP contribution in [0.15, 0.2) is 0 Å². The number of hydrogen-bond donors (Lipinski definition) is 1. The highest BCUT2D eigenvalue weighted by Crippen LogP contribution is 2.32. The molecular weight excluding hydrogens is 282 g/mol. The van der Waals surface area contributed by atoms with Crippen LogP contribution < -0.4 is 5.32 Å². The number of imide groups is 1. The standard InChI is InChI=1S/C16H27N3O3/c1-2-13-11-18(9-10-22-13)12-19-14(20)16(17-15(19)21)7-5-3-4-6-8-16/h13H,2-12H2,1H3,(H,17,21)/t13-/m1/s1. The average molecular weight is 309 g/mol. The van der Waals surface area contributed by atoms with Crippen LogP contribution in [0.25, 0.3) is 0 Å². The Morgan fingerprint density at radius 1 is 1.23 bits per heavy atom. The third kappa shape index (κ3) is 2.99. The van der Waals surface area contributed by atoms with Crippen LogP contribution in [0, 0.1) is 0 Å². The van der Waals surface area contributed by atoms with Gasteiger partial charge >= 0.3 is 6.03 Å². The zero-order valence-corrected chi connectivity index (χ0v) is 13.5. The fourth-order valence-corrected chi connectivity index (χ4v) is 3.83. The molecule has 0 bridgehead atoms. The fourth-order valence-electron chi connectivity index (χ4n) is 3.83. The summed E-state index contributed by atoms with van der Waals surface area (Å²) < 4.78 is 5.66. The van der Waals surface area contributed by atoms with Crippen molar-refractivity contribution in [3.63, 3.8) is 0 Å². The summed E-state index contributed by atoms with van der Waals surface area (Å²) in [4.78, 5) is 28.8. The first-order valence-electron chi connectivity index (χ1n) is 8.63. The lowest BCUT2D eigenvalue weighted by Crippen LogP contribution is -2.50. The van der Waals surface area contributed by atoms with Crippen molar-refractivity contribution in [2.75, 3.05) is 26.4 Å². The zero-order valence-electron chi connectivity index (χ0n) is 13.5. The first-order chi connectivity index (χ1) is 10.6. The predicted octanol–water partition coefficient (Wildman–Crippen LogP) is 1.70. The lowest BCUT2D eigenvalue weighted by atomic mass is 9.90. The lowest BCUT2D eigenvalue weighted by Gasteiger charge is -2.34. The number of ether oxygens (including phenoxy) is 1. The van der Waals surface area contributed by atoms with E-state index >= 15 is 0 Å². The molecule has 1 aliphatic carbocycles. The fraction of sp³-hybridized carbons (Fsp3) is 0.875. The minimum absolute atomic E-state index is 0.0149. The van der Waals surface area contributed by atoms with Crippen LogP contribution in [-0.4, -0.2) is 59.7 Å². The van der Waals surface area contributed by atoms with Gasteiger partial charge in [0.15, 0.2) is 0 Å². The van der Waals surface area contributed by atoms with Gasteiger partial charge in [0.2, 0.25) is 0 Å². The summed E-state index contributed by atoms with van der Waals surface area (Å²) >= 11 is 0. The molecule has 0 aromatic rings. The molecule has 3 aliphatic rings. The highest BCUT2D eigenvalue weighted by atomic mass is 16.5. The number of hydrogen-bond acceptors (Lipinski definition) is 4. The molecule has 1 spiro atoms. The van der Waals surface area contributed by atoms with E-state index in [-0.39, 0.29) is 18.0 Å².